The molecule has 0 atom stereocenters. The molecule has 0 saturated carbocycles. The van der Waals surface area contributed by atoms with E-state index in [1.807, 2.05) is 54.6 Å². The number of carbonyl (C=O) groups is 3. The van der Waals surface area contributed by atoms with Gasteiger partial charge in [0.25, 0.3) is 0 Å². The number of amides is 3. The summed E-state index contributed by atoms with van der Waals surface area (Å²) in [6.07, 6.45) is 2.17. The Morgan fingerprint density at radius 1 is 1.03 bits per heavy atom. The van der Waals surface area contributed by atoms with Crippen LogP contribution in [-0.4, -0.2) is 60.5 Å². The Balaban J connectivity index is 1.57. The van der Waals surface area contributed by atoms with E-state index >= 15 is 0 Å². The second-order valence-corrected chi connectivity index (χ2v) is 9.14. The normalized spacial score (nSPS) is 13.9. The molecule has 1 aliphatic heterocycles. The third-order valence-corrected chi connectivity index (χ3v) is 6.67. The number of benzene rings is 2. The fourth-order valence-corrected chi connectivity index (χ4v) is 4.38. The zero-order chi connectivity index (χ0) is 24.3. The van der Waals surface area contributed by atoms with Crippen molar-refractivity contribution in [2.45, 2.75) is 32.6 Å². The number of piperidine rings is 1. The maximum atomic E-state index is 13.1. The van der Waals surface area contributed by atoms with Crippen LogP contribution >= 0.6 is 15.9 Å². The smallest absolute Gasteiger partial charge is 0.321 e. The second kappa shape index (κ2) is 13.1. The fourth-order valence-electron chi connectivity index (χ4n) is 3.99. The summed E-state index contributed by atoms with van der Waals surface area (Å²) in [4.78, 5) is 41.4. The van der Waals surface area contributed by atoms with Gasteiger partial charge in [0, 0.05) is 37.1 Å². The van der Waals surface area contributed by atoms with E-state index in [0.717, 1.165) is 10.0 Å². The molecule has 182 valence electrons. The summed E-state index contributed by atoms with van der Waals surface area (Å²) in [6, 6.07) is 17.2. The van der Waals surface area contributed by atoms with Crippen LogP contribution in [0.1, 0.15) is 31.7 Å². The van der Waals surface area contributed by atoms with Crippen LogP contribution in [-0.2, 0) is 20.7 Å². The predicted octanol–water partition coefficient (Wildman–Crippen LogP) is 4.72. The van der Waals surface area contributed by atoms with Gasteiger partial charge in [-0.1, -0.05) is 42.5 Å². The van der Waals surface area contributed by atoms with Gasteiger partial charge in [0.2, 0.25) is 5.91 Å². The summed E-state index contributed by atoms with van der Waals surface area (Å²) < 4.78 is 5.90. The van der Waals surface area contributed by atoms with Crippen molar-refractivity contribution >= 4 is 39.5 Å². The number of hydrogen-bond acceptors (Lipinski definition) is 4. The first-order valence-corrected chi connectivity index (χ1v) is 12.6. The Labute approximate surface area is 209 Å². The Morgan fingerprint density at radius 2 is 1.71 bits per heavy atom. The largest absolute Gasteiger partial charge is 0.466 e. The summed E-state index contributed by atoms with van der Waals surface area (Å²) in [5.74, 6) is -0.312. The van der Waals surface area contributed by atoms with E-state index in [1.165, 1.54) is 0 Å². The highest BCUT2D eigenvalue weighted by Crippen LogP contribution is 2.22. The summed E-state index contributed by atoms with van der Waals surface area (Å²) in [7, 11) is 0. The van der Waals surface area contributed by atoms with E-state index in [-0.39, 0.29) is 30.2 Å². The Bertz CT molecular complexity index is 962. The number of hydrogen-bond donors (Lipinski definition) is 1. The molecule has 3 amide bonds. The molecule has 0 aromatic heterocycles. The fraction of sp³-hybridized carbons (Fsp3) is 0.423. The molecule has 1 N–H and O–H groups in total. The van der Waals surface area contributed by atoms with Crippen LogP contribution in [0.25, 0.3) is 0 Å². The van der Waals surface area contributed by atoms with Gasteiger partial charge in [-0.2, -0.15) is 0 Å². The second-order valence-electron chi connectivity index (χ2n) is 8.29. The minimum absolute atomic E-state index is 0.000659. The molecule has 0 spiro atoms. The Kier molecular flexibility index (Phi) is 9.94. The number of ether oxygens (including phenoxy) is 1. The Morgan fingerprint density at radius 3 is 2.38 bits per heavy atom. The van der Waals surface area contributed by atoms with E-state index in [9.17, 15) is 14.4 Å². The molecule has 2 aromatic carbocycles. The van der Waals surface area contributed by atoms with Crippen molar-refractivity contribution in [3.8, 4) is 0 Å². The van der Waals surface area contributed by atoms with Crippen molar-refractivity contribution in [3.05, 3.63) is 64.6 Å². The topological polar surface area (TPSA) is 79.0 Å². The van der Waals surface area contributed by atoms with Crippen LogP contribution in [0.2, 0.25) is 0 Å². The molecule has 8 heteroatoms. The van der Waals surface area contributed by atoms with Crippen LogP contribution in [0, 0.1) is 5.92 Å². The van der Waals surface area contributed by atoms with Gasteiger partial charge in [0.15, 0.2) is 0 Å². The van der Waals surface area contributed by atoms with Crippen LogP contribution in [0.15, 0.2) is 59.1 Å². The van der Waals surface area contributed by atoms with Crippen molar-refractivity contribution in [2.75, 3.05) is 38.1 Å². The number of carbonyl (C=O) groups excluding carboxylic acids is 3. The first-order valence-electron chi connectivity index (χ1n) is 11.8. The van der Waals surface area contributed by atoms with Crippen molar-refractivity contribution in [1.82, 2.24) is 9.80 Å². The van der Waals surface area contributed by atoms with Crippen LogP contribution in [0.5, 0.6) is 0 Å². The lowest BCUT2D eigenvalue weighted by molar-refractivity contribution is -0.151. The maximum Gasteiger partial charge on any atom is 0.321 e. The highest BCUT2D eigenvalue weighted by molar-refractivity contribution is 9.10. The van der Waals surface area contributed by atoms with E-state index in [1.54, 1.807) is 16.7 Å². The average Bonchev–Trinajstić information content (AvgIpc) is 2.86. The monoisotopic (exact) mass is 529 g/mol. The third kappa shape index (κ3) is 7.58. The lowest BCUT2D eigenvalue weighted by Gasteiger charge is -2.31. The molecule has 0 aliphatic carbocycles. The van der Waals surface area contributed by atoms with Gasteiger partial charge in [0.05, 0.1) is 18.2 Å². The van der Waals surface area contributed by atoms with Gasteiger partial charge in [-0.05, 0) is 59.8 Å². The average molecular weight is 530 g/mol. The van der Waals surface area contributed by atoms with Crippen molar-refractivity contribution in [1.29, 1.82) is 0 Å². The molecule has 7 nitrogen and oxygen atoms in total. The molecule has 1 aliphatic rings. The molecular weight excluding hydrogens is 498 g/mol. The zero-order valence-corrected chi connectivity index (χ0v) is 21.1. The van der Waals surface area contributed by atoms with Gasteiger partial charge in [-0.25, -0.2) is 4.79 Å². The van der Waals surface area contributed by atoms with Gasteiger partial charge in [-0.3, -0.25) is 9.59 Å². The molecule has 3 rings (SSSR count). The predicted molar refractivity (Wildman–Crippen MR) is 135 cm³/mol. The summed E-state index contributed by atoms with van der Waals surface area (Å²) in [6.45, 7) is 4.06. The summed E-state index contributed by atoms with van der Waals surface area (Å²) in [5, 5.41) is 2.94. The first kappa shape index (κ1) is 25.7. The van der Waals surface area contributed by atoms with Crippen molar-refractivity contribution in [2.24, 2.45) is 5.92 Å². The van der Waals surface area contributed by atoms with E-state index < -0.39 is 0 Å². The van der Waals surface area contributed by atoms with Gasteiger partial charge >= 0.3 is 12.0 Å². The number of urea groups is 1. The number of anilines is 1. The van der Waals surface area contributed by atoms with Crippen LogP contribution in [0.4, 0.5) is 10.5 Å². The number of nitrogens with one attached hydrogen (secondary N) is 1. The van der Waals surface area contributed by atoms with Crippen LogP contribution in [0.3, 0.4) is 0 Å². The minimum Gasteiger partial charge on any atom is -0.466 e. The molecule has 0 radical (unpaired) electrons. The molecule has 1 heterocycles. The minimum atomic E-state index is -0.239. The van der Waals surface area contributed by atoms with Gasteiger partial charge in [0.1, 0.15) is 0 Å². The zero-order valence-electron chi connectivity index (χ0n) is 19.5. The van der Waals surface area contributed by atoms with Crippen LogP contribution < -0.4 is 5.32 Å². The highest BCUT2D eigenvalue weighted by atomic mass is 79.9. The molecule has 2 aromatic rings. The van der Waals surface area contributed by atoms with E-state index in [0.29, 0.717) is 57.7 Å². The molecular formula is C26H32BrN3O4. The lowest BCUT2D eigenvalue weighted by atomic mass is 9.97. The molecule has 1 fully saturated rings. The quantitative estimate of drug-likeness (QED) is 0.476. The number of likely N-dealkylation sites (tertiary alicyclic amines) is 1. The maximum absolute atomic E-state index is 13.1. The number of esters is 1. The van der Waals surface area contributed by atoms with Crippen molar-refractivity contribution < 1.29 is 19.1 Å². The lowest BCUT2D eigenvalue weighted by Crippen LogP contribution is -2.43. The summed E-state index contributed by atoms with van der Waals surface area (Å²) in [5.41, 5.74) is 1.82. The molecule has 0 bridgehead atoms. The number of nitrogens with zero attached hydrogens (tertiary/aromatic N) is 2. The van der Waals surface area contributed by atoms with E-state index in [4.69, 9.17) is 4.74 Å². The molecule has 34 heavy (non-hydrogen) atoms. The summed E-state index contributed by atoms with van der Waals surface area (Å²) >= 11 is 3.46. The number of para-hydroxylation sites is 1. The Hall–Kier alpha value is -2.87. The molecule has 0 unspecified atom stereocenters. The number of rotatable bonds is 9. The van der Waals surface area contributed by atoms with E-state index in [2.05, 4.69) is 21.2 Å². The first-order chi connectivity index (χ1) is 16.5. The van der Waals surface area contributed by atoms with Crippen molar-refractivity contribution in [3.63, 3.8) is 0 Å². The molecule has 1 saturated heterocycles. The number of halogens is 1. The standard InChI is InChI=1S/C26H32BrN3O4/c1-2-34-25(32)21-13-17-29(18-14-21)24(31)15-19-30(16-12-20-8-4-3-5-9-20)26(33)28-23-11-7-6-10-22(23)27/h3-11,21H,2,12-19H2,1H3,(H,28,33). The SMILES string of the molecule is CCOC(=O)C1CCN(C(=O)CCN(CCc2ccccc2)C(=O)Nc2ccccc2Br)CC1. The highest BCUT2D eigenvalue weighted by Gasteiger charge is 2.28. The van der Waals surface area contributed by atoms with Gasteiger partial charge in [-0.15, -0.1) is 0 Å². The van der Waals surface area contributed by atoms with Gasteiger partial charge < -0.3 is 19.9 Å². The third-order valence-electron chi connectivity index (χ3n) is 5.98.